The van der Waals surface area contributed by atoms with E-state index in [-0.39, 0.29) is 11.6 Å². The zero-order chi connectivity index (χ0) is 13.4. The average molecular weight is 258 g/mol. The van der Waals surface area contributed by atoms with Crippen LogP contribution in [0.2, 0.25) is 0 Å². The average Bonchev–Trinajstić information content (AvgIpc) is 2.61. The van der Waals surface area contributed by atoms with Gasteiger partial charge in [-0.1, -0.05) is 13.8 Å². The van der Waals surface area contributed by atoms with Crippen molar-refractivity contribution in [3.63, 3.8) is 0 Å². The molecule has 0 radical (unpaired) electrons. The molecule has 0 aromatic rings. The first-order chi connectivity index (χ1) is 8.69. The minimum atomic E-state index is 0.180. The fourth-order valence-electron chi connectivity index (χ4n) is 2.77. The maximum Gasteiger partial charge on any atom is 0.0931 e. The van der Waals surface area contributed by atoms with Crippen molar-refractivity contribution in [2.24, 2.45) is 0 Å². The van der Waals surface area contributed by atoms with Crippen molar-refractivity contribution >= 4 is 0 Å². The van der Waals surface area contributed by atoms with E-state index in [0.29, 0.717) is 6.61 Å². The van der Waals surface area contributed by atoms with Crippen molar-refractivity contribution in [3.05, 3.63) is 0 Å². The summed E-state index contributed by atoms with van der Waals surface area (Å²) in [7, 11) is 3.50. The quantitative estimate of drug-likeness (QED) is 0.750. The molecule has 1 saturated heterocycles. The van der Waals surface area contributed by atoms with Crippen molar-refractivity contribution in [1.29, 1.82) is 0 Å². The van der Waals surface area contributed by atoms with E-state index in [2.05, 4.69) is 24.1 Å². The largest absolute Gasteiger partial charge is 0.382 e. The molecule has 108 valence electrons. The van der Waals surface area contributed by atoms with Gasteiger partial charge in [-0.05, 0) is 32.4 Å². The van der Waals surface area contributed by atoms with Crippen LogP contribution in [-0.4, -0.2) is 63.5 Å². The summed E-state index contributed by atoms with van der Waals surface area (Å²) in [5.74, 6) is 0. The molecule has 1 heterocycles. The van der Waals surface area contributed by atoms with Crippen LogP contribution in [0.3, 0.4) is 0 Å². The SMILES string of the molecule is CCC1(CC)CN(CC(COC)OC)CCCN1. The molecule has 0 spiro atoms. The third kappa shape index (κ3) is 4.50. The number of hydrogen-bond acceptors (Lipinski definition) is 4. The molecule has 0 aliphatic carbocycles. The first-order valence-corrected chi connectivity index (χ1v) is 7.18. The van der Waals surface area contributed by atoms with E-state index >= 15 is 0 Å². The molecule has 0 aromatic heterocycles. The molecule has 18 heavy (non-hydrogen) atoms. The Bertz CT molecular complexity index is 220. The second kappa shape index (κ2) is 8.10. The summed E-state index contributed by atoms with van der Waals surface area (Å²) >= 11 is 0. The first-order valence-electron chi connectivity index (χ1n) is 7.18. The zero-order valence-electron chi connectivity index (χ0n) is 12.5. The van der Waals surface area contributed by atoms with Crippen LogP contribution in [0.4, 0.5) is 0 Å². The lowest BCUT2D eigenvalue weighted by atomic mass is 9.92. The van der Waals surface area contributed by atoms with Crippen molar-refractivity contribution in [1.82, 2.24) is 10.2 Å². The molecule has 1 N–H and O–H groups in total. The molecule has 0 bridgehead atoms. The Morgan fingerprint density at radius 3 is 2.56 bits per heavy atom. The smallest absolute Gasteiger partial charge is 0.0931 e. The van der Waals surface area contributed by atoms with E-state index in [1.165, 1.54) is 19.3 Å². The highest BCUT2D eigenvalue weighted by Gasteiger charge is 2.30. The molecule has 1 aliphatic rings. The Hall–Kier alpha value is -0.160. The second-order valence-electron chi connectivity index (χ2n) is 5.32. The minimum absolute atomic E-state index is 0.180. The zero-order valence-corrected chi connectivity index (χ0v) is 12.5. The molecular weight excluding hydrogens is 228 g/mol. The van der Waals surface area contributed by atoms with Crippen LogP contribution in [0.1, 0.15) is 33.1 Å². The van der Waals surface area contributed by atoms with Gasteiger partial charge in [0.1, 0.15) is 0 Å². The normalized spacial score (nSPS) is 22.7. The van der Waals surface area contributed by atoms with Crippen LogP contribution in [0, 0.1) is 0 Å². The maximum atomic E-state index is 5.48. The Morgan fingerprint density at radius 1 is 1.28 bits per heavy atom. The summed E-state index contributed by atoms with van der Waals surface area (Å²) < 4.78 is 10.7. The molecule has 4 heteroatoms. The molecular formula is C14H30N2O2. The lowest BCUT2D eigenvalue weighted by molar-refractivity contribution is 0.00271. The summed E-state index contributed by atoms with van der Waals surface area (Å²) in [4.78, 5) is 2.53. The minimum Gasteiger partial charge on any atom is -0.382 e. The van der Waals surface area contributed by atoms with Gasteiger partial charge >= 0.3 is 0 Å². The van der Waals surface area contributed by atoms with E-state index in [1.807, 2.05) is 0 Å². The number of nitrogens with one attached hydrogen (secondary N) is 1. The predicted octanol–water partition coefficient (Wildman–Crippen LogP) is 1.50. The fraction of sp³-hybridized carbons (Fsp3) is 1.00. The standard InChI is InChI=1S/C14H30N2O2/c1-5-14(6-2)12-16(9-7-8-15-14)10-13(18-4)11-17-3/h13,15H,5-12H2,1-4H3. The Balaban J connectivity index is 2.57. The van der Waals surface area contributed by atoms with Gasteiger partial charge in [0.15, 0.2) is 0 Å². The Kier molecular flexibility index (Phi) is 7.15. The summed E-state index contributed by atoms with van der Waals surface area (Å²) in [6.07, 6.45) is 3.76. The molecule has 4 nitrogen and oxygen atoms in total. The third-order valence-corrected chi connectivity index (χ3v) is 4.18. The molecule has 1 unspecified atom stereocenters. The number of nitrogens with zero attached hydrogens (tertiary/aromatic N) is 1. The van der Waals surface area contributed by atoms with Crippen LogP contribution < -0.4 is 5.32 Å². The van der Waals surface area contributed by atoms with Crippen LogP contribution in [0.5, 0.6) is 0 Å². The number of methoxy groups -OCH3 is 2. The Morgan fingerprint density at radius 2 is 2.00 bits per heavy atom. The molecule has 1 atom stereocenters. The van der Waals surface area contributed by atoms with Gasteiger partial charge in [-0.15, -0.1) is 0 Å². The maximum absolute atomic E-state index is 5.48. The lowest BCUT2D eigenvalue weighted by Gasteiger charge is -2.36. The molecule has 1 fully saturated rings. The summed E-state index contributed by atoms with van der Waals surface area (Å²) in [5, 5.41) is 3.73. The van der Waals surface area contributed by atoms with Gasteiger partial charge in [0.05, 0.1) is 12.7 Å². The van der Waals surface area contributed by atoms with E-state index < -0.39 is 0 Å². The highest BCUT2D eigenvalue weighted by molar-refractivity contribution is 4.91. The van der Waals surface area contributed by atoms with Crippen molar-refractivity contribution in [2.75, 3.05) is 47.0 Å². The lowest BCUT2D eigenvalue weighted by Crippen LogP contribution is -2.52. The molecule has 0 saturated carbocycles. The van der Waals surface area contributed by atoms with Crippen LogP contribution in [0.25, 0.3) is 0 Å². The predicted molar refractivity (Wildman–Crippen MR) is 75.0 cm³/mol. The van der Waals surface area contributed by atoms with E-state index in [4.69, 9.17) is 9.47 Å². The van der Waals surface area contributed by atoms with E-state index in [1.54, 1.807) is 14.2 Å². The van der Waals surface area contributed by atoms with Gasteiger partial charge in [0, 0.05) is 32.8 Å². The topological polar surface area (TPSA) is 33.7 Å². The van der Waals surface area contributed by atoms with E-state index in [0.717, 1.165) is 26.2 Å². The fourth-order valence-corrected chi connectivity index (χ4v) is 2.77. The summed E-state index contributed by atoms with van der Waals surface area (Å²) in [6.45, 7) is 9.59. The van der Waals surface area contributed by atoms with Gasteiger partial charge in [-0.3, -0.25) is 4.90 Å². The number of ether oxygens (including phenoxy) is 2. The third-order valence-electron chi connectivity index (χ3n) is 4.18. The van der Waals surface area contributed by atoms with Crippen molar-refractivity contribution < 1.29 is 9.47 Å². The van der Waals surface area contributed by atoms with Crippen LogP contribution in [0.15, 0.2) is 0 Å². The van der Waals surface area contributed by atoms with Gasteiger partial charge in [0.2, 0.25) is 0 Å². The van der Waals surface area contributed by atoms with Gasteiger partial charge in [-0.2, -0.15) is 0 Å². The van der Waals surface area contributed by atoms with E-state index in [9.17, 15) is 0 Å². The molecule has 1 aliphatic heterocycles. The van der Waals surface area contributed by atoms with Crippen LogP contribution in [-0.2, 0) is 9.47 Å². The first kappa shape index (κ1) is 15.9. The van der Waals surface area contributed by atoms with Gasteiger partial charge in [0.25, 0.3) is 0 Å². The number of hydrogen-bond donors (Lipinski definition) is 1. The monoisotopic (exact) mass is 258 g/mol. The van der Waals surface area contributed by atoms with Gasteiger partial charge < -0.3 is 14.8 Å². The second-order valence-corrected chi connectivity index (χ2v) is 5.32. The van der Waals surface area contributed by atoms with Crippen molar-refractivity contribution in [3.8, 4) is 0 Å². The van der Waals surface area contributed by atoms with Crippen molar-refractivity contribution in [2.45, 2.75) is 44.8 Å². The summed E-state index contributed by atoms with van der Waals surface area (Å²) in [5.41, 5.74) is 0.280. The van der Waals surface area contributed by atoms with Crippen LogP contribution >= 0.6 is 0 Å². The molecule has 1 rings (SSSR count). The highest BCUT2D eigenvalue weighted by atomic mass is 16.5. The highest BCUT2D eigenvalue weighted by Crippen LogP contribution is 2.20. The number of rotatable bonds is 7. The molecule has 0 amide bonds. The summed E-state index contributed by atoms with van der Waals surface area (Å²) in [6, 6.07) is 0. The Labute approximate surface area is 112 Å². The van der Waals surface area contributed by atoms with Gasteiger partial charge in [-0.25, -0.2) is 0 Å². The molecule has 0 aromatic carbocycles.